The topological polar surface area (TPSA) is 0 Å². The summed E-state index contributed by atoms with van der Waals surface area (Å²) < 4.78 is 0. The third-order valence-corrected chi connectivity index (χ3v) is 4.23. The van der Waals surface area contributed by atoms with Gasteiger partial charge in [0.2, 0.25) is 0 Å². The van der Waals surface area contributed by atoms with Gasteiger partial charge in [-0.25, -0.2) is 0 Å². The van der Waals surface area contributed by atoms with E-state index in [4.69, 9.17) is 0 Å². The molecule has 0 aliphatic carbocycles. The maximum Gasteiger partial charge on any atom is 0.00985 e. The average Bonchev–Trinajstić information content (AvgIpc) is 2.33. The molecule has 1 fully saturated rings. The summed E-state index contributed by atoms with van der Waals surface area (Å²) in [6.07, 6.45) is 2.85. The maximum absolute atomic E-state index is 2.35. The van der Waals surface area contributed by atoms with E-state index in [2.05, 4.69) is 32.5 Å². The summed E-state index contributed by atoms with van der Waals surface area (Å²) in [6.45, 7) is 7.03. The summed E-state index contributed by atoms with van der Waals surface area (Å²) >= 11 is 2.18. The predicted octanol–water partition coefficient (Wildman–Crippen LogP) is 3.17. The molecule has 0 aromatic rings. The quantitative estimate of drug-likeness (QED) is 0.595. The first-order chi connectivity index (χ1) is 4.75. The second kappa shape index (κ2) is 3.66. The van der Waals surface area contributed by atoms with Crippen LogP contribution in [-0.4, -0.2) is 11.0 Å². The fourth-order valence-corrected chi connectivity index (χ4v) is 3.53. The summed E-state index contributed by atoms with van der Waals surface area (Å²) in [5.41, 5.74) is 0. The van der Waals surface area contributed by atoms with Crippen LogP contribution < -0.4 is 0 Å². The fourth-order valence-electron chi connectivity index (χ4n) is 1.83. The van der Waals surface area contributed by atoms with Crippen molar-refractivity contribution in [2.24, 2.45) is 11.8 Å². The van der Waals surface area contributed by atoms with Gasteiger partial charge in [0.1, 0.15) is 0 Å². The summed E-state index contributed by atoms with van der Waals surface area (Å²) in [5, 5.41) is 0.963. The Bertz CT molecular complexity index is 98.9. The first kappa shape index (κ1) is 8.45. The first-order valence-corrected chi connectivity index (χ1v) is 5.42. The third kappa shape index (κ3) is 1.69. The van der Waals surface area contributed by atoms with Gasteiger partial charge in [-0.3, -0.25) is 0 Å². The predicted molar refractivity (Wildman–Crippen MR) is 49.5 cm³/mol. The molecule has 0 radical (unpaired) electrons. The van der Waals surface area contributed by atoms with E-state index in [0.717, 1.165) is 17.1 Å². The van der Waals surface area contributed by atoms with Crippen molar-refractivity contribution in [1.29, 1.82) is 0 Å². The van der Waals surface area contributed by atoms with Crippen LogP contribution in [0.2, 0.25) is 0 Å². The van der Waals surface area contributed by atoms with Gasteiger partial charge in [0.15, 0.2) is 0 Å². The van der Waals surface area contributed by atoms with Crippen LogP contribution in [0.25, 0.3) is 0 Å². The zero-order chi connectivity index (χ0) is 7.56. The lowest BCUT2D eigenvalue weighted by atomic mass is 9.92. The minimum Gasteiger partial charge on any atom is -0.158 e. The smallest absolute Gasteiger partial charge is 0.00985 e. The van der Waals surface area contributed by atoms with Gasteiger partial charge >= 0.3 is 0 Å². The molecule has 0 saturated carbocycles. The second-order valence-electron chi connectivity index (χ2n) is 3.54. The molecule has 60 valence electrons. The van der Waals surface area contributed by atoms with Gasteiger partial charge in [-0.2, -0.15) is 11.8 Å². The van der Waals surface area contributed by atoms with Crippen molar-refractivity contribution in [3.8, 4) is 0 Å². The lowest BCUT2D eigenvalue weighted by Crippen LogP contribution is -2.16. The lowest BCUT2D eigenvalue weighted by molar-refractivity contribution is 0.425. The van der Waals surface area contributed by atoms with Crippen LogP contribution in [0.3, 0.4) is 0 Å². The van der Waals surface area contributed by atoms with Gasteiger partial charge in [-0.1, -0.05) is 27.2 Å². The van der Waals surface area contributed by atoms with Crippen LogP contribution in [0.15, 0.2) is 0 Å². The number of thioether (sulfide) groups is 1. The Balaban J connectivity index is 2.42. The molecular formula is C9H18S. The van der Waals surface area contributed by atoms with Crippen LogP contribution in [0.4, 0.5) is 0 Å². The van der Waals surface area contributed by atoms with E-state index in [0.29, 0.717) is 0 Å². The van der Waals surface area contributed by atoms with Crippen molar-refractivity contribution < 1.29 is 0 Å². The summed E-state index contributed by atoms with van der Waals surface area (Å²) in [4.78, 5) is 0. The maximum atomic E-state index is 2.35. The molecule has 1 aliphatic heterocycles. The molecule has 1 aliphatic rings. The van der Waals surface area contributed by atoms with Crippen LogP contribution in [0.5, 0.6) is 0 Å². The van der Waals surface area contributed by atoms with E-state index >= 15 is 0 Å². The highest BCUT2D eigenvalue weighted by molar-refractivity contribution is 8.00. The summed E-state index contributed by atoms with van der Waals surface area (Å²) in [5.74, 6) is 3.31. The van der Waals surface area contributed by atoms with E-state index in [9.17, 15) is 0 Å². The molecular weight excluding hydrogens is 140 g/mol. The molecule has 0 aromatic heterocycles. The molecule has 0 bridgehead atoms. The molecule has 1 saturated heterocycles. The van der Waals surface area contributed by atoms with Gasteiger partial charge < -0.3 is 0 Å². The highest BCUT2D eigenvalue weighted by Gasteiger charge is 2.28. The van der Waals surface area contributed by atoms with Crippen LogP contribution in [-0.2, 0) is 0 Å². The Kier molecular flexibility index (Phi) is 3.09. The SMILES string of the molecule is CCC1CCSC1C(C)C. The lowest BCUT2D eigenvalue weighted by Gasteiger charge is -2.20. The molecule has 2 atom stereocenters. The van der Waals surface area contributed by atoms with Crippen LogP contribution in [0.1, 0.15) is 33.6 Å². The molecule has 0 N–H and O–H groups in total. The van der Waals surface area contributed by atoms with Crippen LogP contribution in [0, 0.1) is 11.8 Å². The Morgan fingerprint density at radius 3 is 2.60 bits per heavy atom. The number of hydrogen-bond donors (Lipinski definition) is 0. The minimum absolute atomic E-state index is 0.887. The minimum atomic E-state index is 0.887. The molecule has 10 heavy (non-hydrogen) atoms. The van der Waals surface area contributed by atoms with Gasteiger partial charge in [0.05, 0.1) is 0 Å². The molecule has 0 nitrogen and oxygen atoms in total. The third-order valence-electron chi connectivity index (χ3n) is 2.45. The molecule has 2 unspecified atom stereocenters. The Morgan fingerprint density at radius 1 is 1.50 bits per heavy atom. The zero-order valence-corrected chi connectivity index (χ0v) is 8.08. The molecule has 0 spiro atoms. The molecule has 0 amide bonds. The van der Waals surface area contributed by atoms with Crippen LogP contribution >= 0.6 is 11.8 Å². The van der Waals surface area contributed by atoms with E-state index in [1.165, 1.54) is 18.6 Å². The monoisotopic (exact) mass is 158 g/mol. The molecule has 1 heteroatoms. The highest BCUT2D eigenvalue weighted by atomic mass is 32.2. The zero-order valence-electron chi connectivity index (χ0n) is 7.26. The Labute approximate surface area is 68.8 Å². The van der Waals surface area contributed by atoms with E-state index in [-0.39, 0.29) is 0 Å². The van der Waals surface area contributed by atoms with Crippen molar-refractivity contribution in [2.45, 2.75) is 38.9 Å². The summed E-state index contributed by atoms with van der Waals surface area (Å²) in [6, 6.07) is 0. The highest BCUT2D eigenvalue weighted by Crippen LogP contribution is 2.38. The molecule has 1 rings (SSSR count). The standard InChI is InChI=1S/C9H18S/c1-4-8-5-6-10-9(8)7(2)3/h7-9H,4-6H2,1-3H3. The number of rotatable bonds is 2. The van der Waals surface area contributed by atoms with Crippen molar-refractivity contribution in [1.82, 2.24) is 0 Å². The fraction of sp³-hybridized carbons (Fsp3) is 1.00. The van der Waals surface area contributed by atoms with E-state index in [1.54, 1.807) is 0 Å². The van der Waals surface area contributed by atoms with Gasteiger partial charge in [0.25, 0.3) is 0 Å². The average molecular weight is 158 g/mol. The normalized spacial score (nSPS) is 33.6. The van der Waals surface area contributed by atoms with Gasteiger partial charge in [0, 0.05) is 5.25 Å². The number of hydrogen-bond acceptors (Lipinski definition) is 1. The van der Waals surface area contributed by atoms with E-state index in [1.807, 2.05) is 0 Å². The van der Waals surface area contributed by atoms with Crippen molar-refractivity contribution in [3.63, 3.8) is 0 Å². The largest absolute Gasteiger partial charge is 0.158 e. The molecule has 1 heterocycles. The first-order valence-electron chi connectivity index (χ1n) is 4.37. The van der Waals surface area contributed by atoms with Crippen molar-refractivity contribution >= 4 is 11.8 Å². The second-order valence-corrected chi connectivity index (χ2v) is 4.82. The Morgan fingerprint density at radius 2 is 2.20 bits per heavy atom. The molecule has 0 aromatic carbocycles. The van der Waals surface area contributed by atoms with Crippen molar-refractivity contribution in [3.05, 3.63) is 0 Å². The van der Waals surface area contributed by atoms with E-state index < -0.39 is 0 Å². The Hall–Kier alpha value is 0.350. The summed E-state index contributed by atoms with van der Waals surface area (Å²) in [7, 11) is 0. The van der Waals surface area contributed by atoms with Gasteiger partial charge in [-0.15, -0.1) is 0 Å². The van der Waals surface area contributed by atoms with Crippen molar-refractivity contribution in [2.75, 3.05) is 5.75 Å². The van der Waals surface area contributed by atoms with Gasteiger partial charge in [-0.05, 0) is 24.0 Å².